The maximum atomic E-state index is 13.0. The van der Waals surface area contributed by atoms with E-state index in [4.69, 9.17) is 11.6 Å². The van der Waals surface area contributed by atoms with Crippen molar-refractivity contribution in [1.29, 1.82) is 0 Å². The molecule has 2 rings (SSSR count). The summed E-state index contributed by atoms with van der Waals surface area (Å²) in [5.41, 5.74) is 0.457. The molecule has 0 bridgehead atoms. The first-order valence-electron chi connectivity index (χ1n) is 4.99. The number of nitro groups is 1. The summed E-state index contributed by atoms with van der Waals surface area (Å²) in [6, 6.07) is 3.94. The molecule has 5 nitrogen and oxygen atoms in total. The molecule has 19 heavy (non-hydrogen) atoms. The first-order valence-corrected chi connectivity index (χ1v) is 6.16. The van der Waals surface area contributed by atoms with Gasteiger partial charge in [-0.1, -0.05) is 11.6 Å². The largest absolute Gasteiger partial charge is 0.349 e. The number of nitrogens with zero attached hydrogens (tertiary/aromatic N) is 2. The number of hydrogen-bond acceptors (Lipinski definition) is 4. The molecule has 2 aromatic rings. The molecule has 0 aliphatic rings. The van der Waals surface area contributed by atoms with E-state index in [9.17, 15) is 14.5 Å². The lowest BCUT2D eigenvalue weighted by Crippen LogP contribution is -1.99. The molecule has 98 valence electrons. The molecule has 0 aliphatic carbocycles. The summed E-state index contributed by atoms with van der Waals surface area (Å²) in [6.45, 7) is 0. The van der Waals surface area contributed by atoms with Gasteiger partial charge in [0.25, 0.3) is 0 Å². The van der Waals surface area contributed by atoms with Gasteiger partial charge >= 0.3 is 5.69 Å². The highest BCUT2D eigenvalue weighted by molar-refractivity contribution is 9.10. The van der Waals surface area contributed by atoms with Crippen molar-refractivity contribution >= 4 is 44.6 Å². The molecule has 0 unspecified atom stereocenters. The van der Waals surface area contributed by atoms with Crippen molar-refractivity contribution in [2.45, 2.75) is 0 Å². The average Bonchev–Trinajstić information content (AvgIpc) is 2.36. The molecule has 1 aromatic heterocycles. The second-order valence-corrected chi connectivity index (χ2v) is 4.79. The molecule has 0 saturated heterocycles. The van der Waals surface area contributed by atoms with Gasteiger partial charge in [-0.15, -0.1) is 0 Å². The Morgan fingerprint density at radius 3 is 2.79 bits per heavy atom. The summed E-state index contributed by atoms with van der Waals surface area (Å²) < 4.78 is 13.5. The lowest BCUT2D eigenvalue weighted by atomic mass is 10.2. The lowest BCUT2D eigenvalue weighted by Gasteiger charge is -2.09. The van der Waals surface area contributed by atoms with Gasteiger partial charge in [0.2, 0.25) is 0 Å². The first-order chi connectivity index (χ1) is 8.99. The number of anilines is 2. The fourth-order valence-corrected chi connectivity index (χ4v) is 2.01. The number of pyridine rings is 1. The predicted molar refractivity (Wildman–Crippen MR) is 73.3 cm³/mol. The number of nitrogens with one attached hydrogen (secondary N) is 1. The number of halogens is 3. The molecule has 0 radical (unpaired) electrons. The zero-order valence-corrected chi connectivity index (χ0v) is 11.6. The second kappa shape index (κ2) is 5.50. The Morgan fingerprint density at radius 2 is 2.16 bits per heavy atom. The van der Waals surface area contributed by atoms with Gasteiger partial charge in [-0.05, 0) is 34.1 Å². The van der Waals surface area contributed by atoms with Crippen LogP contribution in [0.3, 0.4) is 0 Å². The van der Waals surface area contributed by atoms with E-state index in [0.29, 0.717) is 10.2 Å². The van der Waals surface area contributed by atoms with Crippen LogP contribution in [0.15, 0.2) is 35.1 Å². The fraction of sp³-hybridized carbons (Fsp3) is 0. The van der Waals surface area contributed by atoms with Crippen LogP contribution < -0.4 is 5.32 Å². The standard InChI is InChI=1S/C11H6BrClFN3O2/c12-7-4-15-5-10(17(18)19)11(7)16-6-1-2-9(14)8(13)3-6/h1-5H,(H,15,16). The van der Waals surface area contributed by atoms with Crippen LogP contribution in [0.25, 0.3) is 0 Å². The summed E-state index contributed by atoms with van der Waals surface area (Å²) >= 11 is 8.82. The zero-order valence-electron chi connectivity index (χ0n) is 9.23. The third-order valence-electron chi connectivity index (χ3n) is 2.27. The highest BCUT2D eigenvalue weighted by atomic mass is 79.9. The van der Waals surface area contributed by atoms with Crippen molar-refractivity contribution in [2.24, 2.45) is 0 Å². The molecule has 0 atom stereocenters. The SMILES string of the molecule is O=[N+]([O-])c1cncc(Br)c1Nc1ccc(F)c(Cl)c1. The molecular weight excluding hydrogens is 340 g/mol. The molecule has 0 saturated carbocycles. The van der Waals surface area contributed by atoms with E-state index in [1.54, 1.807) is 0 Å². The molecule has 1 heterocycles. The molecular formula is C11H6BrClFN3O2. The van der Waals surface area contributed by atoms with Crippen molar-refractivity contribution in [3.63, 3.8) is 0 Å². The van der Waals surface area contributed by atoms with Crippen LogP contribution >= 0.6 is 27.5 Å². The molecule has 0 spiro atoms. The summed E-state index contributed by atoms with van der Waals surface area (Å²) in [7, 11) is 0. The van der Waals surface area contributed by atoms with E-state index in [-0.39, 0.29) is 16.4 Å². The predicted octanol–water partition coefficient (Wildman–Crippen LogP) is 4.29. The summed E-state index contributed by atoms with van der Waals surface area (Å²) in [4.78, 5) is 14.1. The van der Waals surface area contributed by atoms with Gasteiger partial charge in [0.15, 0.2) is 0 Å². The zero-order chi connectivity index (χ0) is 14.0. The quantitative estimate of drug-likeness (QED) is 0.665. The smallest absolute Gasteiger partial charge is 0.311 e. The number of benzene rings is 1. The highest BCUT2D eigenvalue weighted by Gasteiger charge is 2.17. The molecule has 1 aromatic carbocycles. The van der Waals surface area contributed by atoms with Gasteiger partial charge in [0, 0.05) is 11.9 Å². The van der Waals surface area contributed by atoms with Crippen molar-refractivity contribution in [3.8, 4) is 0 Å². The molecule has 0 aliphatic heterocycles. The van der Waals surface area contributed by atoms with E-state index in [2.05, 4.69) is 26.2 Å². The fourth-order valence-electron chi connectivity index (χ4n) is 1.41. The van der Waals surface area contributed by atoms with Crippen LogP contribution in [-0.4, -0.2) is 9.91 Å². The number of hydrogen-bond donors (Lipinski definition) is 1. The Hall–Kier alpha value is -1.73. The maximum Gasteiger partial charge on any atom is 0.311 e. The van der Waals surface area contributed by atoms with Gasteiger partial charge in [0.1, 0.15) is 17.7 Å². The molecule has 8 heteroatoms. The molecule has 1 N–H and O–H groups in total. The van der Waals surface area contributed by atoms with Crippen LogP contribution in [0.5, 0.6) is 0 Å². The van der Waals surface area contributed by atoms with Crippen LogP contribution in [0, 0.1) is 15.9 Å². The van der Waals surface area contributed by atoms with Crippen molar-refractivity contribution in [2.75, 3.05) is 5.32 Å². The van der Waals surface area contributed by atoms with Crippen molar-refractivity contribution in [3.05, 3.63) is 56.0 Å². The highest BCUT2D eigenvalue weighted by Crippen LogP contribution is 2.34. The van der Waals surface area contributed by atoms with Gasteiger partial charge in [-0.3, -0.25) is 15.1 Å². The molecule has 0 fully saturated rings. The van der Waals surface area contributed by atoms with E-state index < -0.39 is 10.7 Å². The summed E-state index contributed by atoms with van der Waals surface area (Å²) in [5, 5.41) is 13.6. The van der Waals surface area contributed by atoms with E-state index >= 15 is 0 Å². The van der Waals surface area contributed by atoms with Crippen LogP contribution in [-0.2, 0) is 0 Å². The third kappa shape index (κ3) is 2.99. The van der Waals surface area contributed by atoms with E-state index in [0.717, 1.165) is 6.20 Å². The average molecular weight is 347 g/mol. The Labute approximate surface area is 120 Å². The maximum absolute atomic E-state index is 13.0. The van der Waals surface area contributed by atoms with Gasteiger partial charge < -0.3 is 5.32 Å². The molecule has 0 amide bonds. The second-order valence-electron chi connectivity index (χ2n) is 3.53. The van der Waals surface area contributed by atoms with Gasteiger partial charge in [-0.2, -0.15) is 0 Å². The Kier molecular flexibility index (Phi) is 3.96. The van der Waals surface area contributed by atoms with Crippen molar-refractivity contribution < 1.29 is 9.31 Å². The third-order valence-corrected chi connectivity index (χ3v) is 3.16. The van der Waals surface area contributed by atoms with Gasteiger partial charge in [0.05, 0.1) is 14.4 Å². The monoisotopic (exact) mass is 345 g/mol. The Bertz CT molecular complexity index is 654. The Balaban J connectivity index is 2.42. The number of aromatic nitrogens is 1. The lowest BCUT2D eigenvalue weighted by molar-refractivity contribution is -0.384. The normalized spacial score (nSPS) is 10.3. The van der Waals surface area contributed by atoms with Crippen LogP contribution in [0.1, 0.15) is 0 Å². The summed E-state index contributed by atoms with van der Waals surface area (Å²) in [5.74, 6) is -0.560. The first kappa shape index (κ1) is 13.7. The minimum atomic E-state index is -0.564. The number of rotatable bonds is 3. The van der Waals surface area contributed by atoms with E-state index in [1.165, 1.54) is 24.4 Å². The van der Waals surface area contributed by atoms with Crippen LogP contribution in [0.2, 0.25) is 5.02 Å². The van der Waals surface area contributed by atoms with E-state index in [1.807, 2.05) is 0 Å². The summed E-state index contributed by atoms with van der Waals surface area (Å²) in [6.07, 6.45) is 2.54. The van der Waals surface area contributed by atoms with Crippen LogP contribution in [0.4, 0.5) is 21.5 Å². The topological polar surface area (TPSA) is 68.1 Å². The minimum Gasteiger partial charge on any atom is -0.349 e. The van der Waals surface area contributed by atoms with Crippen molar-refractivity contribution in [1.82, 2.24) is 4.98 Å². The minimum absolute atomic E-state index is 0.0715. The Morgan fingerprint density at radius 1 is 1.42 bits per heavy atom. The van der Waals surface area contributed by atoms with Gasteiger partial charge in [-0.25, -0.2) is 4.39 Å².